The van der Waals surface area contributed by atoms with Gasteiger partial charge >= 0.3 is 0 Å². The summed E-state index contributed by atoms with van der Waals surface area (Å²) >= 11 is 0. The molecule has 380 valence electrons. The summed E-state index contributed by atoms with van der Waals surface area (Å²) in [4.78, 5) is 135. The Labute approximate surface area is 436 Å². The van der Waals surface area contributed by atoms with Crippen molar-refractivity contribution >= 4 is 121 Å². The lowest BCUT2D eigenvalue weighted by Crippen LogP contribution is -2.44. The molecule has 0 aliphatic carbocycles. The second-order valence-electron chi connectivity index (χ2n) is 17.3. The smallest absolute Gasteiger partial charge is 0.270 e. The van der Waals surface area contributed by atoms with Crippen LogP contribution in [0.3, 0.4) is 0 Å². The number of hydrogen-bond acceptors (Lipinski definition) is 14. The zero-order valence-corrected chi connectivity index (χ0v) is 40.7. The molecule has 0 saturated carbocycles. The number of carbonyl (C=O) groups is 8. The minimum atomic E-state index is -0.926. The Hall–Kier alpha value is -9.02. The van der Waals surface area contributed by atoms with Gasteiger partial charge in [0.2, 0.25) is 0 Å². The number of anilines is 1. The Morgan fingerprint density at radius 3 is 1.21 bits per heavy atom. The lowest BCUT2D eigenvalue weighted by Gasteiger charge is -2.28. The standard InChI is InChI=1S/C52H39N9O12.2ClH/c62-45(55-15-13-53-17-19-57-47(64)36-9-1-5-28-6-2-10-37(42(28)36)48(57)65)31-21-32(25-33(24-31)59-51(68)39-12-4-8-30-23-35(61(72)73)27-41(44(30)39)52(59)69)46(63)56-16-14-54-18-20-58-49(66)38-11-3-7-29-22-34(60(70)71)26-40(43(29)38)50(58)67;;/h1-12,21-27,53-54H,13-20H2,(H,55,62)(H,56,63);2*1H. The van der Waals surface area contributed by atoms with Crippen LogP contribution in [0.1, 0.15) is 82.9 Å². The number of hydrogen-bond donors (Lipinski definition) is 4. The van der Waals surface area contributed by atoms with E-state index < -0.39 is 62.8 Å². The Balaban J connectivity index is 0.00000374. The van der Waals surface area contributed by atoms with Gasteiger partial charge in [0, 0.05) is 126 Å². The van der Waals surface area contributed by atoms with E-state index in [0.29, 0.717) is 32.7 Å². The monoisotopic (exact) mass is 1050 g/mol. The number of benzene rings is 7. The lowest BCUT2D eigenvalue weighted by molar-refractivity contribution is -0.384. The molecule has 0 fully saturated rings. The van der Waals surface area contributed by atoms with Crippen molar-refractivity contribution < 1.29 is 48.2 Å². The van der Waals surface area contributed by atoms with Crippen molar-refractivity contribution in [3.05, 3.63) is 180 Å². The predicted octanol–water partition coefficient (Wildman–Crippen LogP) is 5.84. The van der Waals surface area contributed by atoms with E-state index in [-0.39, 0.29) is 127 Å². The summed E-state index contributed by atoms with van der Waals surface area (Å²) in [5.41, 5.74) is -0.0977. The lowest BCUT2D eigenvalue weighted by atomic mass is 9.92. The van der Waals surface area contributed by atoms with Crippen molar-refractivity contribution in [3.8, 4) is 0 Å². The van der Waals surface area contributed by atoms with Gasteiger partial charge in [0.15, 0.2) is 0 Å². The van der Waals surface area contributed by atoms with E-state index in [2.05, 4.69) is 21.3 Å². The molecule has 7 aromatic carbocycles. The van der Waals surface area contributed by atoms with Crippen molar-refractivity contribution in [1.82, 2.24) is 31.1 Å². The third-order valence-electron chi connectivity index (χ3n) is 12.9. The average Bonchev–Trinajstić information content (AvgIpc) is 3.40. The van der Waals surface area contributed by atoms with Crippen LogP contribution in [-0.4, -0.2) is 119 Å². The van der Waals surface area contributed by atoms with E-state index in [1.165, 1.54) is 48.5 Å². The van der Waals surface area contributed by atoms with Gasteiger partial charge in [-0.25, -0.2) is 4.90 Å². The van der Waals surface area contributed by atoms with Crippen LogP contribution in [0.2, 0.25) is 0 Å². The third-order valence-corrected chi connectivity index (χ3v) is 12.9. The van der Waals surface area contributed by atoms with Crippen LogP contribution in [0.25, 0.3) is 32.3 Å². The second-order valence-corrected chi connectivity index (χ2v) is 17.3. The SMILES string of the molecule is Cl.Cl.O=C(NCCNCCN1C(=O)c2cccc3cccc(c23)C1=O)c1cc(C(=O)NCCNCCN2C(=O)c3cccc4cc([N+](=O)[O-])cc(c34)C2=O)cc(N2C(=O)c3cccc4cc([N+](=O)[O-])cc(c34)C2=O)c1. The van der Waals surface area contributed by atoms with Gasteiger partial charge in [-0.3, -0.25) is 68.4 Å². The molecule has 8 amide bonds. The molecule has 0 bridgehead atoms. The van der Waals surface area contributed by atoms with Crippen LogP contribution in [0.4, 0.5) is 17.1 Å². The normalized spacial score (nSPS) is 13.5. The van der Waals surface area contributed by atoms with Gasteiger partial charge < -0.3 is 21.3 Å². The number of rotatable bonds is 17. The van der Waals surface area contributed by atoms with Gasteiger partial charge in [0.05, 0.1) is 26.7 Å². The number of halogens is 2. The summed E-state index contributed by atoms with van der Waals surface area (Å²) in [6.45, 7) is 0.507. The molecule has 0 saturated heterocycles. The molecule has 3 aliphatic heterocycles. The molecule has 10 rings (SSSR count). The molecule has 0 atom stereocenters. The minimum absolute atomic E-state index is 0. The van der Waals surface area contributed by atoms with Crippen molar-refractivity contribution in [2.45, 2.75) is 0 Å². The predicted molar refractivity (Wildman–Crippen MR) is 278 cm³/mol. The Morgan fingerprint density at radius 2 is 0.787 bits per heavy atom. The number of carbonyl (C=O) groups excluding carboxylic acids is 8. The highest BCUT2D eigenvalue weighted by molar-refractivity contribution is 6.36. The van der Waals surface area contributed by atoms with Gasteiger partial charge in [-0.15, -0.1) is 24.8 Å². The first-order valence-electron chi connectivity index (χ1n) is 22.9. The fourth-order valence-corrected chi connectivity index (χ4v) is 9.53. The molecule has 0 radical (unpaired) electrons. The van der Waals surface area contributed by atoms with Crippen LogP contribution in [0.5, 0.6) is 0 Å². The van der Waals surface area contributed by atoms with Crippen molar-refractivity contribution in [1.29, 1.82) is 0 Å². The molecule has 0 unspecified atom stereocenters. The maximum Gasteiger partial charge on any atom is 0.270 e. The zero-order chi connectivity index (χ0) is 51.2. The van der Waals surface area contributed by atoms with Crippen LogP contribution in [0.15, 0.2) is 115 Å². The van der Waals surface area contributed by atoms with E-state index in [9.17, 15) is 58.6 Å². The first-order valence-corrected chi connectivity index (χ1v) is 22.9. The molecule has 3 heterocycles. The van der Waals surface area contributed by atoms with E-state index in [1.54, 1.807) is 42.5 Å². The van der Waals surface area contributed by atoms with Crippen LogP contribution in [-0.2, 0) is 0 Å². The van der Waals surface area contributed by atoms with Crippen molar-refractivity contribution in [3.63, 3.8) is 0 Å². The number of non-ortho nitro benzene ring substituents is 2. The van der Waals surface area contributed by atoms with E-state index in [0.717, 1.165) is 32.2 Å². The molecule has 4 N–H and O–H groups in total. The van der Waals surface area contributed by atoms with E-state index in [1.807, 2.05) is 12.1 Å². The number of nitrogens with one attached hydrogen (secondary N) is 4. The highest BCUT2D eigenvalue weighted by Gasteiger charge is 2.38. The van der Waals surface area contributed by atoms with Gasteiger partial charge in [-0.1, -0.05) is 48.5 Å². The summed E-state index contributed by atoms with van der Waals surface area (Å²) in [5.74, 6) is -5.25. The topological polar surface area (TPSA) is 281 Å². The summed E-state index contributed by atoms with van der Waals surface area (Å²) in [7, 11) is 0. The maximum atomic E-state index is 14.2. The van der Waals surface area contributed by atoms with E-state index in [4.69, 9.17) is 0 Å². The van der Waals surface area contributed by atoms with E-state index >= 15 is 0 Å². The first-order chi connectivity index (χ1) is 35.2. The number of nitrogens with zero attached hydrogens (tertiary/aromatic N) is 5. The molecular formula is C52H41Cl2N9O12. The summed E-state index contributed by atoms with van der Waals surface area (Å²) in [6, 6.07) is 28.2. The molecule has 7 aromatic rings. The summed E-state index contributed by atoms with van der Waals surface area (Å²) < 4.78 is 0. The van der Waals surface area contributed by atoms with Crippen LogP contribution in [0, 0.1) is 20.2 Å². The Morgan fingerprint density at radius 1 is 0.427 bits per heavy atom. The fourth-order valence-electron chi connectivity index (χ4n) is 9.53. The average molecular weight is 1050 g/mol. The highest BCUT2D eigenvalue weighted by Crippen LogP contribution is 2.37. The minimum Gasteiger partial charge on any atom is -0.351 e. The van der Waals surface area contributed by atoms with Gasteiger partial charge in [-0.05, 0) is 58.6 Å². The first kappa shape index (κ1) is 52.3. The summed E-state index contributed by atoms with van der Waals surface area (Å²) in [5, 5.41) is 37.7. The van der Waals surface area contributed by atoms with Crippen LogP contribution >= 0.6 is 24.8 Å². The molecule has 3 aliphatic rings. The second kappa shape index (κ2) is 21.2. The largest absolute Gasteiger partial charge is 0.351 e. The third kappa shape index (κ3) is 9.47. The maximum absolute atomic E-state index is 14.2. The van der Waals surface area contributed by atoms with Gasteiger partial charge in [0.1, 0.15) is 0 Å². The number of amides is 8. The Kier molecular flexibility index (Phi) is 14.8. The van der Waals surface area contributed by atoms with Crippen LogP contribution < -0.4 is 26.2 Å². The number of nitro groups is 2. The van der Waals surface area contributed by atoms with Crippen molar-refractivity contribution in [2.75, 3.05) is 57.3 Å². The fraction of sp³-hybridized carbons (Fsp3) is 0.154. The molecule has 0 spiro atoms. The summed E-state index contributed by atoms with van der Waals surface area (Å²) in [6.07, 6.45) is 0. The highest BCUT2D eigenvalue weighted by atomic mass is 35.5. The van der Waals surface area contributed by atoms with Crippen molar-refractivity contribution in [2.24, 2.45) is 0 Å². The van der Waals surface area contributed by atoms with Gasteiger partial charge in [0.25, 0.3) is 58.6 Å². The molecule has 23 heteroatoms. The zero-order valence-electron chi connectivity index (χ0n) is 39.1. The van der Waals surface area contributed by atoms with Gasteiger partial charge in [-0.2, -0.15) is 0 Å². The Bertz CT molecular complexity index is 3610. The molecule has 21 nitrogen and oxygen atoms in total. The molecular weight excluding hydrogens is 1010 g/mol. The molecule has 0 aromatic heterocycles. The molecule has 75 heavy (non-hydrogen) atoms. The number of nitro benzene ring substituents is 2. The number of imide groups is 3. The quantitative estimate of drug-likeness (QED) is 0.0361.